The van der Waals surface area contributed by atoms with E-state index in [-0.39, 0.29) is 29.8 Å². The van der Waals surface area contributed by atoms with Crippen LogP contribution >= 0.6 is 24.0 Å². The minimum atomic E-state index is -0.141. The highest BCUT2D eigenvalue weighted by Crippen LogP contribution is 2.13. The summed E-state index contributed by atoms with van der Waals surface area (Å²) in [6.45, 7) is 3.94. The van der Waals surface area contributed by atoms with Crippen LogP contribution in [0.3, 0.4) is 0 Å². The van der Waals surface area contributed by atoms with Gasteiger partial charge in [-0.25, -0.2) is 4.39 Å². The Hall–Kier alpha value is -0.890. The summed E-state index contributed by atoms with van der Waals surface area (Å²) in [5.41, 5.74) is 0.736. The number of aliphatic imine (C=N–C) groups is 1. The van der Waals surface area contributed by atoms with Gasteiger partial charge in [-0.2, -0.15) is 0 Å². The Bertz CT molecular complexity index is 495. The molecule has 1 aromatic carbocycles. The summed E-state index contributed by atoms with van der Waals surface area (Å²) in [6.07, 6.45) is 3.19. The maximum atomic E-state index is 13.5. The summed E-state index contributed by atoms with van der Waals surface area (Å²) in [7, 11) is 3.94. The van der Waals surface area contributed by atoms with Crippen molar-refractivity contribution in [1.29, 1.82) is 0 Å². The normalized spacial score (nSPS) is 19.1. The summed E-state index contributed by atoms with van der Waals surface area (Å²) in [6, 6.07) is 6.91. The van der Waals surface area contributed by atoms with Gasteiger partial charge in [0.1, 0.15) is 5.82 Å². The van der Waals surface area contributed by atoms with Gasteiger partial charge in [0, 0.05) is 26.7 Å². The van der Waals surface area contributed by atoms with E-state index in [0.29, 0.717) is 18.9 Å². The molecule has 1 heterocycles. The van der Waals surface area contributed by atoms with Crippen LogP contribution in [0.4, 0.5) is 4.39 Å². The van der Waals surface area contributed by atoms with Gasteiger partial charge >= 0.3 is 0 Å². The number of hydrogen-bond donors (Lipinski definition) is 2. The van der Waals surface area contributed by atoms with Crippen LogP contribution < -0.4 is 10.6 Å². The molecule has 0 aliphatic carbocycles. The summed E-state index contributed by atoms with van der Waals surface area (Å²) < 4.78 is 13.5. The van der Waals surface area contributed by atoms with Crippen molar-refractivity contribution in [2.45, 2.75) is 19.3 Å². The fourth-order valence-corrected chi connectivity index (χ4v) is 2.92. The van der Waals surface area contributed by atoms with Crippen molar-refractivity contribution < 1.29 is 4.39 Å². The number of likely N-dealkylation sites (tertiary alicyclic amines) is 1. The van der Waals surface area contributed by atoms with E-state index in [1.165, 1.54) is 25.5 Å². The number of guanidine groups is 1. The third kappa shape index (κ3) is 7.03. The van der Waals surface area contributed by atoms with Crippen LogP contribution in [0.1, 0.15) is 18.4 Å². The van der Waals surface area contributed by atoms with Crippen molar-refractivity contribution in [1.82, 2.24) is 15.5 Å². The summed E-state index contributed by atoms with van der Waals surface area (Å²) in [5, 5.41) is 6.63. The lowest BCUT2D eigenvalue weighted by Crippen LogP contribution is -2.44. The lowest BCUT2D eigenvalue weighted by Gasteiger charge is -2.30. The Morgan fingerprint density at radius 3 is 2.83 bits per heavy atom. The highest BCUT2D eigenvalue weighted by molar-refractivity contribution is 14.0. The second kappa shape index (κ2) is 10.8. The average molecular weight is 434 g/mol. The van der Waals surface area contributed by atoms with Crippen molar-refractivity contribution in [3.8, 4) is 0 Å². The first-order chi connectivity index (χ1) is 10.7. The highest BCUT2D eigenvalue weighted by Gasteiger charge is 2.17. The predicted molar refractivity (Wildman–Crippen MR) is 105 cm³/mol. The molecule has 0 saturated carbocycles. The molecule has 6 heteroatoms. The summed E-state index contributed by atoms with van der Waals surface area (Å²) in [5.74, 6) is 1.32. The molecule has 0 bridgehead atoms. The Labute approximate surface area is 156 Å². The number of nitrogens with one attached hydrogen (secondary N) is 2. The number of nitrogens with zero attached hydrogens (tertiary/aromatic N) is 2. The maximum Gasteiger partial charge on any atom is 0.190 e. The van der Waals surface area contributed by atoms with Crippen LogP contribution in [0.25, 0.3) is 0 Å². The van der Waals surface area contributed by atoms with E-state index in [2.05, 4.69) is 27.6 Å². The first-order valence-electron chi connectivity index (χ1n) is 8.05. The van der Waals surface area contributed by atoms with Crippen molar-refractivity contribution in [3.63, 3.8) is 0 Å². The Morgan fingerprint density at radius 1 is 1.35 bits per heavy atom. The Kier molecular flexibility index (Phi) is 9.47. The lowest BCUT2D eigenvalue weighted by atomic mass is 9.99. The number of piperidine rings is 1. The standard InChI is InChI=1S/C17H27FN4.HI/c1-19-17(21-12-14-6-5-11-22(2)13-14)20-10-9-15-7-3-4-8-16(15)18;/h3-4,7-8,14H,5-6,9-13H2,1-2H3,(H2,19,20,21);1H. The van der Waals surface area contributed by atoms with E-state index in [9.17, 15) is 4.39 Å². The van der Waals surface area contributed by atoms with Crippen molar-refractivity contribution in [2.75, 3.05) is 40.3 Å². The van der Waals surface area contributed by atoms with E-state index < -0.39 is 0 Å². The monoisotopic (exact) mass is 434 g/mol. The number of rotatable bonds is 5. The zero-order valence-corrected chi connectivity index (χ0v) is 16.3. The van der Waals surface area contributed by atoms with Crippen LogP contribution in [0.5, 0.6) is 0 Å². The SMILES string of the molecule is CN=C(NCCc1ccccc1F)NCC1CCCN(C)C1.I. The van der Waals surface area contributed by atoms with Gasteiger partial charge in [0.15, 0.2) is 5.96 Å². The highest BCUT2D eigenvalue weighted by atomic mass is 127. The van der Waals surface area contributed by atoms with E-state index >= 15 is 0 Å². The molecule has 1 aliphatic heterocycles. The van der Waals surface area contributed by atoms with Crippen LogP contribution in [0.2, 0.25) is 0 Å². The molecule has 4 nitrogen and oxygen atoms in total. The van der Waals surface area contributed by atoms with Gasteiger partial charge < -0.3 is 15.5 Å². The van der Waals surface area contributed by atoms with E-state index in [4.69, 9.17) is 0 Å². The molecule has 1 saturated heterocycles. The van der Waals surface area contributed by atoms with Crippen LogP contribution in [-0.4, -0.2) is 51.1 Å². The fourth-order valence-electron chi connectivity index (χ4n) is 2.92. The van der Waals surface area contributed by atoms with E-state index in [1.54, 1.807) is 13.1 Å². The molecule has 1 aliphatic rings. The Morgan fingerprint density at radius 2 is 2.13 bits per heavy atom. The Balaban J connectivity index is 0.00000264. The molecule has 1 fully saturated rings. The van der Waals surface area contributed by atoms with Gasteiger partial charge in [0.2, 0.25) is 0 Å². The molecule has 130 valence electrons. The molecule has 0 spiro atoms. The third-order valence-electron chi connectivity index (χ3n) is 4.15. The second-order valence-electron chi connectivity index (χ2n) is 5.99. The van der Waals surface area contributed by atoms with E-state index in [0.717, 1.165) is 24.6 Å². The van der Waals surface area contributed by atoms with Gasteiger partial charge in [-0.3, -0.25) is 4.99 Å². The fraction of sp³-hybridized carbons (Fsp3) is 0.588. The van der Waals surface area contributed by atoms with Crippen LogP contribution in [0.15, 0.2) is 29.3 Å². The first kappa shape index (κ1) is 20.2. The number of hydrogen-bond acceptors (Lipinski definition) is 2. The predicted octanol–water partition coefficient (Wildman–Crippen LogP) is 2.49. The quantitative estimate of drug-likeness (QED) is 0.425. The second-order valence-corrected chi connectivity index (χ2v) is 5.99. The number of halogens is 2. The summed E-state index contributed by atoms with van der Waals surface area (Å²) in [4.78, 5) is 6.61. The average Bonchev–Trinajstić information content (AvgIpc) is 2.52. The van der Waals surface area contributed by atoms with Gasteiger partial charge in [0.05, 0.1) is 0 Å². The van der Waals surface area contributed by atoms with Gasteiger partial charge in [-0.05, 0) is 50.4 Å². The molecule has 23 heavy (non-hydrogen) atoms. The largest absolute Gasteiger partial charge is 0.356 e. The molecule has 0 radical (unpaired) electrons. The summed E-state index contributed by atoms with van der Waals surface area (Å²) >= 11 is 0. The molecule has 1 unspecified atom stereocenters. The molecule has 0 amide bonds. The molecule has 2 rings (SSSR count). The first-order valence-corrected chi connectivity index (χ1v) is 8.05. The smallest absolute Gasteiger partial charge is 0.190 e. The molecule has 1 atom stereocenters. The molecule has 1 aromatic rings. The van der Waals surface area contributed by atoms with Crippen molar-refractivity contribution >= 4 is 29.9 Å². The van der Waals surface area contributed by atoms with Gasteiger partial charge in [0.25, 0.3) is 0 Å². The minimum absolute atomic E-state index is 0. The molecular formula is C17H28FIN4. The molecule has 0 aromatic heterocycles. The maximum absolute atomic E-state index is 13.5. The zero-order chi connectivity index (χ0) is 15.8. The third-order valence-corrected chi connectivity index (χ3v) is 4.15. The molecule has 2 N–H and O–H groups in total. The molecular weight excluding hydrogens is 406 g/mol. The van der Waals surface area contributed by atoms with Gasteiger partial charge in [-0.1, -0.05) is 18.2 Å². The zero-order valence-electron chi connectivity index (χ0n) is 14.0. The van der Waals surface area contributed by atoms with Crippen LogP contribution in [-0.2, 0) is 6.42 Å². The van der Waals surface area contributed by atoms with E-state index in [1.807, 2.05) is 12.1 Å². The number of benzene rings is 1. The lowest BCUT2D eigenvalue weighted by molar-refractivity contribution is 0.210. The topological polar surface area (TPSA) is 39.7 Å². The van der Waals surface area contributed by atoms with Crippen molar-refractivity contribution in [2.24, 2.45) is 10.9 Å². The van der Waals surface area contributed by atoms with Gasteiger partial charge in [-0.15, -0.1) is 24.0 Å². The van der Waals surface area contributed by atoms with Crippen LogP contribution in [0, 0.1) is 11.7 Å². The minimum Gasteiger partial charge on any atom is -0.356 e. The van der Waals surface area contributed by atoms with Crippen molar-refractivity contribution in [3.05, 3.63) is 35.6 Å².